The molecule has 1 aliphatic heterocycles. The number of rotatable bonds is 4. The molecule has 0 radical (unpaired) electrons. The molecule has 0 aliphatic carbocycles. The van der Waals surface area contributed by atoms with Crippen LogP contribution >= 0.6 is 0 Å². The number of aromatic nitrogens is 4. The Balaban J connectivity index is 1.19. The zero-order valence-electron chi connectivity index (χ0n) is 24.3. The highest BCUT2D eigenvalue weighted by molar-refractivity contribution is 6.09. The molecule has 9 rings (SSSR count). The molecule has 5 nitrogen and oxygen atoms in total. The fourth-order valence-electron chi connectivity index (χ4n) is 6.63. The maximum absolute atomic E-state index is 5.24. The van der Waals surface area contributed by atoms with E-state index in [4.69, 9.17) is 9.97 Å². The topological polar surface area (TPSA) is 55.6 Å². The molecule has 1 N–H and O–H groups in total. The number of pyridine rings is 3. The van der Waals surface area contributed by atoms with E-state index in [1.165, 1.54) is 21.5 Å². The van der Waals surface area contributed by atoms with Gasteiger partial charge in [-0.1, -0.05) is 78.9 Å². The zero-order valence-corrected chi connectivity index (χ0v) is 24.3. The lowest BCUT2D eigenvalue weighted by molar-refractivity contribution is 0.736. The second kappa shape index (κ2) is 10.3. The highest BCUT2D eigenvalue weighted by atomic mass is 15.1. The number of allylic oxidation sites excluding steroid dienone is 2. The molecule has 0 saturated heterocycles. The Morgan fingerprint density at radius 2 is 1.44 bits per heavy atom. The Hall–Kier alpha value is -6.07. The number of hydrogen-bond donors (Lipinski definition) is 1. The van der Waals surface area contributed by atoms with Crippen molar-refractivity contribution in [3.8, 4) is 5.82 Å². The van der Waals surface area contributed by atoms with Crippen molar-refractivity contribution in [1.29, 1.82) is 0 Å². The van der Waals surface area contributed by atoms with Crippen molar-refractivity contribution in [2.45, 2.75) is 6.04 Å². The maximum atomic E-state index is 5.24. The standard InChI is InChI=1S/C40H27N5/c1-2-9-30-26(8-1)15-16-28-22-27(17-18-31(28)30)29-23-36(34-11-5-6-20-42-34)43-37(24-29)35-12-7-14-40(44-35)45-38-13-4-3-10-32(38)33-25-41-21-19-39(33)45/h1-25,36,43H. The molecular weight excluding hydrogens is 550 g/mol. The number of nitrogens with zero attached hydrogens (tertiary/aromatic N) is 4. The summed E-state index contributed by atoms with van der Waals surface area (Å²) in [5, 5.41) is 11.0. The van der Waals surface area contributed by atoms with Gasteiger partial charge in [0.15, 0.2) is 0 Å². The Kier molecular flexibility index (Phi) is 5.81. The van der Waals surface area contributed by atoms with Crippen LogP contribution in [0.5, 0.6) is 0 Å². The summed E-state index contributed by atoms with van der Waals surface area (Å²) in [7, 11) is 0. The number of hydrogen-bond acceptors (Lipinski definition) is 4. The molecule has 45 heavy (non-hydrogen) atoms. The number of para-hydroxylation sites is 1. The van der Waals surface area contributed by atoms with Gasteiger partial charge in [-0.25, -0.2) is 4.98 Å². The van der Waals surface area contributed by atoms with E-state index in [0.717, 1.165) is 55.8 Å². The van der Waals surface area contributed by atoms with Crippen LogP contribution in [0.15, 0.2) is 152 Å². The van der Waals surface area contributed by atoms with Gasteiger partial charge in [0.1, 0.15) is 5.82 Å². The SMILES string of the molecule is C1=C(c2ccc3c(ccc4ccccc43)c2)C=C(c2cccc(-n3c4ccccc4c4cnccc43)n2)NC1c1ccccn1. The van der Waals surface area contributed by atoms with Crippen molar-refractivity contribution in [3.63, 3.8) is 0 Å². The molecule has 8 aromatic rings. The predicted molar refractivity (Wildman–Crippen MR) is 184 cm³/mol. The molecule has 4 aromatic heterocycles. The van der Waals surface area contributed by atoms with Gasteiger partial charge in [0.25, 0.3) is 0 Å². The quantitative estimate of drug-likeness (QED) is 0.212. The second-order valence-electron chi connectivity index (χ2n) is 11.4. The first-order chi connectivity index (χ1) is 22.3. The molecule has 0 saturated carbocycles. The molecular formula is C40H27N5. The molecule has 0 bridgehead atoms. The van der Waals surface area contributed by atoms with Crippen molar-refractivity contribution in [1.82, 2.24) is 24.8 Å². The zero-order chi connectivity index (χ0) is 29.7. The first-order valence-corrected chi connectivity index (χ1v) is 15.1. The molecule has 5 heteroatoms. The lowest BCUT2D eigenvalue weighted by Gasteiger charge is -2.25. The minimum absolute atomic E-state index is 0.113. The third-order valence-corrected chi connectivity index (χ3v) is 8.76. The summed E-state index contributed by atoms with van der Waals surface area (Å²) in [5.74, 6) is 0.857. The van der Waals surface area contributed by atoms with E-state index < -0.39 is 0 Å². The molecule has 5 heterocycles. The van der Waals surface area contributed by atoms with Crippen molar-refractivity contribution in [3.05, 3.63) is 169 Å². The molecule has 4 aromatic carbocycles. The van der Waals surface area contributed by atoms with Crippen LogP contribution in [0.4, 0.5) is 0 Å². The van der Waals surface area contributed by atoms with Gasteiger partial charge in [-0.05, 0) is 87.3 Å². The van der Waals surface area contributed by atoms with E-state index in [2.05, 4.69) is 136 Å². The van der Waals surface area contributed by atoms with Crippen LogP contribution in [0, 0.1) is 0 Å². The predicted octanol–water partition coefficient (Wildman–Crippen LogP) is 9.04. The Bertz CT molecular complexity index is 2420. The van der Waals surface area contributed by atoms with Crippen LogP contribution in [-0.2, 0) is 0 Å². The molecule has 1 atom stereocenters. The summed E-state index contributed by atoms with van der Waals surface area (Å²) >= 11 is 0. The van der Waals surface area contributed by atoms with Crippen LogP contribution in [-0.4, -0.2) is 19.5 Å². The van der Waals surface area contributed by atoms with E-state index in [0.29, 0.717) is 0 Å². The van der Waals surface area contributed by atoms with Crippen LogP contribution in [0.1, 0.15) is 23.0 Å². The van der Waals surface area contributed by atoms with Crippen LogP contribution < -0.4 is 5.32 Å². The average molecular weight is 578 g/mol. The summed E-state index contributed by atoms with van der Waals surface area (Å²) in [5.41, 5.74) is 7.24. The Morgan fingerprint density at radius 3 is 2.38 bits per heavy atom. The molecule has 212 valence electrons. The van der Waals surface area contributed by atoms with Crippen LogP contribution in [0.2, 0.25) is 0 Å². The van der Waals surface area contributed by atoms with Crippen LogP contribution in [0.25, 0.3) is 60.4 Å². The largest absolute Gasteiger partial charge is 0.371 e. The maximum Gasteiger partial charge on any atom is 0.138 e. The summed E-state index contributed by atoms with van der Waals surface area (Å²) in [6.07, 6.45) is 10.1. The molecule has 1 unspecified atom stereocenters. The highest BCUT2D eigenvalue weighted by Gasteiger charge is 2.21. The number of dihydropyridines is 1. The normalized spacial score (nSPS) is 14.9. The lowest BCUT2D eigenvalue weighted by atomic mass is 9.93. The Labute approximate surface area is 259 Å². The van der Waals surface area contributed by atoms with Gasteiger partial charge in [-0.3, -0.25) is 14.5 Å². The fraction of sp³-hybridized carbons (Fsp3) is 0.0250. The van der Waals surface area contributed by atoms with E-state index in [1.807, 2.05) is 30.7 Å². The smallest absolute Gasteiger partial charge is 0.138 e. The summed E-state index contributed by atoms with van der Waals surface area (Å²) < 4.78 is 2.22. The molecule has 0 amide bonds. The van der Waals surface area contributed by atoms with E-state index in [-0.39, 0.29) is 6.04 Å². The third kappa shape index (κ3) is 4.28. The lowest BCUT2D eigenvalue weighted by Crippen LogP contribution is -2.23. The summed E-state index contributed by atoms with van der Waals surface area (Å²) in [6.45, 7) is 0. The van der Waals surface area contributed by atoms with Crippen molar-refractivity contribution in [2.75, 3.05) is 0 Å². The van der Waals surface area contributed by atoms with Crippen molar-refractivity contribution < 1.29 is 0 Å². The first kappa shape index (κ1) is 25.4. The van der Waals surface area contributed by atoms with Gasteiger partial charge < -0.3 is 5.32 Å². The van der Waals surface area contributed by atoms with E-state index >= 15 is 0 Å². The van der Waals surface area contributed by atoms with Crippen molar-refractivity contribution in [2.24, 2.45) is 0 Å². The highest BCUT2D eigenvalue weighted by Crippen LogP contribution is 2.35. The van der Waals surface area contributed by atoms with Gasteiger partial charge >= 0.3 is 0 Å². The van der Waals surface area contributed by atoms with E-state index in [9.17, 15) is 0 Å². The molecule has 1 aliphatic rings. The summed E-state index contributed by atoms with van der Waals surface area (Å²) in [4.78, 5) is 14.4. The van der Waals surface area contributed by atoms with Gasteiger partial charge in [0, 0.05) is 29.4 Å². The van der Waals surface area contributed by atoms with E-state index in [1.54, 1.807) is 0 Å². The minimum Gasteiger partial charge on any atom is -0.371 e. The average Bonchev–Trinajstić information content (AvgIpc) is 3.46. The van der Waals surface area contributed by atoms with Gasteiger partial charge in [-0.2, -0.15) is 0 Å². The fourth-order valence-corrected chi connectivity index (χ4v) is 6.63. The van der Waals surface area contributed by atoms with Gasteiger partial charge in [0.05, 0.1) is 34.2 Å². The monoisotopic (exact) mass is 577 g/mol. The number of fused-ring (bicyclic) bond motifs is 6. The van der Waals surface area contributed by atoms with Gasteiger partial charge in [-0.15, -0.1) is 0 Å². The third-order valence-electron chi connectivity index (χ3n) is 8.76. The van der Waals surface area contributed by atoms with Crippen molar-refractivity contribution >= 4 is 54.6 Å². The Morgan fingerprint density at radius 1 is 0.622 bits per heavy atom. The second-order valence-corrected chi connectivity index (χ2v) is 11.4. The van der Waals surface area contributed by atoms with Gasteiger partial charge in [0.2, 0.25) is 0 Å². The van der Waals surface area contributed by atoms with Crippen LogP contribution in [0.3, 0.4) is 0 Å². The summed E-state index contributed by atoms with van der Waals surface area (Å²) in [6, 6.07) is 42.4. The number of benzene rings is 4. The number of nitrogens with one attached hydrogen (secondary N) is 1. The molecule has 0 fully saturated rings. The minimum atomic E-state index is -0.113. The first-order valence-electron chi connectivity index (χ1n) is 15.1. The molecule has 0 spiro atoms.